The van der Waals surface area contributed by atoms with Crippen LogP contribution in [-0.2, 0) is 4.79 Å². The lowest BCUT2D eigenvalue weighted by atomic mass is 10.2. The summed E-state index contributed by atoms with van der Waals surface area (Å²) in [5.74, 6) is 0. The van der Waals surface area contributed by atoms with Crippen molar-refractivity contribution in [3.05, 3.63) is 30.5 Å². The first-order chi connectivity index (χ1) is 7.24. The van der Waals surface area contributed by atoms with Gasteiger partial charge in [0.1, 0.15) is 5.69 Å². The van der Waals surface area contributed by atoms with E-state index < -0.39 is 6.09 Å². The number of aromatic nitrogens is 1. The molecule has 0 aliphatic carbocycles. The van der Waals surface area contributed by atoms with Crippen molar-refractivity contribution < 1.29 is 14.7 Å². The summed E-state index contributed by atoms with van der Waals surface area (Å²) < 4.78 is 1.02. The predicted molar refractivity (Wildman–Crippen MR) is 53.1 cm³/mol. The van der Waals surface area contributed by atoms with Crippen molar-refractivity contribution in [1.29, 1.82) is 0 Å². The van der Waals surface area contributed by atoms with E-state index in [1.807, 2.05) is 0 Å². The first-order valence-electron chi connectivity index (χ1n) is 4.15. The molecule has 1 aromatic heterocycles. The molecule has 5 heteroatoms. The third-order valence-electron chi connectivity index (χ3n) is 2.06. The average molecular weight is 202 g/mol. The number of carbonyl (C=O) groups is 1. The molecular formula is C10H6N2O3. The fourth-order valence-electron chi connectivity index (χ4n) is 1.46. The Bertz CT molecular complexity index is 543. The molecule has 0 bridgehead atoms. The Balaban J connectivity index is 2.84. The van der Waals surface area contributed by atoms with E-state index in [1.165, 1.54) is 12.3 Å². The highest BCUT2D eigenvalue weighted by Gasteiger charge is 2.11. The Labute approximate surface area is 84.3 Å². The SMILES string of the molecule is O=C=Nc1cn(C(=O)O)c2ccccc12. The maximum absolute atomic E-state index is 10.9. The first-order valence-corrected chi connectivity index (χ1v) is 4.15. The molecule has 0 aliphatic rings. The van der Waals surface area contributed by atoms with Gasteiger partial charge in [0.2, 0.25) is 6.08 Å². The number of carbonyl (C=O) groups excluding carboxylic acids is 1. The zero-order valence-electron chi connectivity index (χ0n) is 7.54. The van der Waals surface area contributed by atoms with E-state index in [9.17, 15) is 9.59 Å². The quantitative estimate of drug-likeness (QED) is 0.568. The lowest BCUT2D eigenvalue weighted by Gasteiger charge is -1.95. The van der Waals surface area contributed by atoms with Crippen molar-refractivity contribution in [1.82, 2.24) is 4.57 Å². The number of para-hydroxylation sites is 1. The van der Waals surface area contributed by atoms with Crippen molar-refractivity contribution in [3.8, 4) is 0 Å². The fourth-order valence-corrected chi connectivity index (χ4v) is 1.46. The van der Waals surface area contributed by atoms with Gasteiger partial charge in [0.25, 0.3) is 0 Å². The van der Waals surface area contributed by atoms with Crippen LogP contribution in [-0.4, -0.2) is 21.8 Å². The lowest BCUT2D eigenvalue weighted by molar-refractivity contribution is 0.197. The predicted octanol–water partition coefficient (Wildman–Crippen LogP) is 2.13. The molecule has 0 saturated heterocycles. The maximum Gasteiger partial charge on any atom is 0.416 e. The van der Waals surface area contributed by atoms with E-state index in [0.29, 0.717) is 16.6 Å². The van der Waals surface area contributed by atoms with E-state index in [-0.39, 0.29) is 0 Å². The van der Waals surface area contributed by atoms with E-state index in [0.717, 1.165) is 4.57 Å². The smallest absolute Gasteiger partial charge is 0.416 e. The molecule has 15 heavy (non-hydrogen) atoms. The standard InChI is InChI=1S/C10H6N2O3/c13-6-11-8-5-12(10(14)15)9-4-2-1-3-7(8)9/h1-5H,(H,14,15). The fraction of sp³-hybridized carbons (Fsp3) is 0. The van der Waals surface area contributed by atoms with Gasteiger partial charge in [-0.1, -0.05) is 18.2 Å². The molecule has 2 rings (SSSR count). The largest absolute Gasteiger partial charge is 0.464 e. The van der Waals surface area contributed by atoms with Gasteiger partial charge in [0, 0.05) is 11.6 Å². The van der Waals surface area contributed by atoms with Gasteiger partial charge < -0.3 is 5.11 Å². The summed E-state index contributed by atoms with van der Waals surface area (Å²) in [6.45, 7) is 0. The number of rotatable bonds is 1. The Morgan fingerprint density at radius 3 is 2.80 bits per heavy atom. The van der Waals surface area contributed by atoms with Gasteiger partial charge in [-0.2, -0.15) is 4.99 Å². The minimum absolute atomic E-state index is 0.308. The molecule has 0 atom stereocenters. The summed E-state index contributed by atoms with van der Waals surface area (Å²) in [5.41, 5.74) is 0.807. The maximum atomic E-state index is 10.9. The summed E-state index contributed by atoms with van der Waals surface area (Å²) >= 11 is 0. The molecule has 74 valence electrons. The number of hydrogen-bond donors (Lipinski definition) is 1. The van der Waals surface area contributed by atoms with Crippen molar-refractivity contribution in [2.45, 2.75) is 0 Å². The van der Waals surface area contributed by atoms with Crippen molar-refractivity contribution in [2.75, 3.05) is 0 Å². The minimum Gasteiger partial charge on any atom is -0.464 e. The summed E-state index contributed by atoms with van der Waals surface area (Å²) in [6.07, 6.45) is 1.57. The number of hydrogen-bond acceptors (Lipinski definition) is 3. The van der Waals surface area contributed by atoms with Gasteiger partial charge in [-0.05, 0) is 6.07 Å². The zero-order chi connectivity index (χ0) is 10.8. The molecule has 5 nitrogen and oxygen atoms in total. The molecule has 1 heterocycles. The Kier molecular flexibility index (Phi) is 2.08. The molecule has 0 saturated carbocycles. The van der Waals surface area contributed by atoms with Gasteiger partial charge in [-0.3, -0.25) is 4.57 Å². The minimum atomic E-state index is -1.11. The Morgan fingerprint density at radius 2 is 2.13 bits per heavy atom. The van der Waals surface area contributed by atoms with Crippen LogP contribution in [0.4, 0.5) is 10.5 Å². The molecule has 1 N–H and O–H groups in total. The van der Waals surface area contributed by atoms with Crippen LogP contribution >= 0.6 is 0 Å². The molecule has 0 amide bonds. The molecule has 0 unspecified atom stereocenters. The van der Waals surface area contributed by atoms with Crippen LogP contribution in [0.2, 0.25) is 0 Å². The first kappa shape index (κ1) is 9.18. The van der Waals surface area contributed by atoms with E-state index in [2.05, 4.69) is 4.99 Å². The topological polar surface area (TPSA) is 71.7 Å². The van der Waals surface area contributed by atoms with Crippen LogP contribution in [0.3, 0.4) is 0 Å². The molecule has 0 fully saturated rings. The summed E-state index contributed by atoms with van der Waals surface area (Å²) in [4.78, 5) is 24.5. The highest BCUT2D eigenvalue weighted by molar-refractivity contribution is 5.97. The molecular weight excluding hydrogens is 196 g/mol. The number of isocyanates is 1. The lowest BCUT2D eigenvalue weighted by Crippen LogP contribution is -2.05. The normalized spacial score (nSPS) is 9.87. The summed E-state index contributed by atoms with van der Waals surface area (Å²) in [7, 11) is 0. The highest BCUT2D eigenvalue weighted by Crippen LogP contribution is 2.27. The number of benzene rings is 1. The molecule has 2 aromatic rings. The second-order valence-corrected chi connectivity index (χ2v) is 2.89. The van der Waals surface area contributed by atoms with Crippen molar-refractivity contribution >= 4 is 28.8 Å². The number of carboxylic acid groups (broad SMARTS) is 1. The molecule has 1 aromatic carbocycles. The van der Waals surface area contributed by atoms with E-state index in [1.54, 1.807) is 24.3 Å². The number of aliphatic imine (C=N–C) groups is 1. The van der Waals surface area contributed by atoms with E-state index >= 15 is 0 Å². The van der Waals surface area contributed by atoms with Crippen molar-refractivity contribution in [2.24, 2.45) is 4.99 Å². The van der Waals surface area contributed by atoms with Gasteiger partial charge in [0.15, 0.2) is 0 Å². The van der Waals surface area contributed by atoms with Crippen LogP contribution in [0.5, 0.6) is 0 Å². The van der Waals surface area contributed by atoms with Crippen LogP contribution < -0.4 is 0 Å². The van der Waals surface area contributed by atoms with Gasteiger partial charge in [0.05, 0.1) is 5.52 Å². The molecule has 0 radical (unpaired) electrons. The average Bonchev–Trinajstić information content (AvgIpc) is 2.59. The summed E-state index contributed by atoms with van der Waals surface area (Å²) in [5, 5.41) is 9.50. The highest BCUT2D eigenvalue weighted by atomic mass is 16.4. The van der Waals surface area contributed by atoms with Crippen LogP contribution in [0, 0.1) is 0 Å². The third-order valence-corrected chi connectivity index (χ3v) is 2.06. The molecule has 0 aliphatic heterocycles. The van der Waals surface area contributed by atoms with Gasteiger partial charge in [-0.15, -0.1) is 0 Å². The second-order valence-electron chi connectivity index (χ2n) is 2.89. The van der Waals surface area contributed by atoms with Crippen LogP contribution in [0.1, 0.15) is 0 Å². The van der Waals surface area contributed by atoms with Crippen molar-refractivity contribution in [3.63, 3.8) is 0 Å². The second kappa shape index (κ2) is 3.40. The monoisotopic (exact) mass is 202 g/mol. The van der Waals surface area contributed by atoms with Crippen LogP contribution in [0.25, 0.3) is 10.9 Å². The zero-order valence-corrected chi connectivity index (χ0v) is 7.54. The van der Waals surface area contributed by atoms with Gasteiger partial charge >= 0.3 is 6.09 Å². The Hall–Kier alpha value is -2.39. The van der Waals surface area contributed by atoms with E-state index in [4.69, 9.17) is 5.11 Å². The van der Waals surface area contributed by atoms with Gasteiger partial charge in [-0.25, -0.2) is 9.59 Å². The van der Waals surface area contributed by atoms with Crippen LogP contribution in [0.15, 0.2) is 35.5 Å². The number of nitrogens with zero attached hydrogens (tertiary/aromatic N) is 2. The Morgan fingerprint density at radius 1 is 1.40 bits per heavy atom. The molecule has 0 spiro atoms. The number of fused-ring (bicyclic) bond motifs is 1. The summed E-state index contributed by atoms with van der Waals surface area (Å²) in [6, 6.07) is 6.81. The third kappa shape index (κ3) is 1.41.